The van der Waals surface area contributed by atoms with Gasteiger partial charge in [-0.15, -0.1) is 24.0 Å². The van der Waals surface area contributed by atoms with Gasteiger partial charge in [-0.1, -0.05) is 13.3 Å². The number of ether oxygens (including phenoxy) is 2. The second kappa shape index (κ2) is 15.1. The number of nitrogens with zero attached hydrogens (tertiary/aromatic N) is 2. The lowest BCUT2D eigenvalue weighted by atomic mass is 10.3. The number of aliphatic imine (C=N–C) groups is 1. The lowest BCUT2D eigenvalue weighted by Crippen LogP contribution is -2.42. The van der Waals surface area contributed by atoms with Crippen molar-refractivity contribution < 1.29 is 9.47 Å². The molecular weight excluding hydrogens is 431 g/mol. The number of hydrogen-bond donors (Lipinski definition) is 2. The lowest BCUT2D eigenvalue weighted by molar-refractivity contribution is 0.319. The van der Waals surface area contributed by atoms with Crippen LogP contribution in [0.25, 0.3) is 0 Å². The van der Waals surface area contributed by atoms with Crippen molar-refractivity contribution in [2.24, 2.45) is 4.99 Å². The van der Waals surface area contributed by atoms with Crippen LogP contribution in [0.5, 0.6) is 11.5 Å². The zero-order chi connectivity index (χ0) is 17.6. The van der Waals surface area contributed by atoms with Crippen LogP contribution in [0.1, 0.15) is 19.8 Å². The Morgan fingerprint density at radius 2 is 1.72 bits per heavy atom. The van der Waals surface area contributed by atoms with Crippen LogP contribution < -0.4 is 20.1 Å². The molecule has 1 aromatic rings. The Hall–Kier alpha value is -1.22. The Labute approximate surface area is 169 Å². The van der Waals surface area contributed by atoms with E-state index in [2.05, 4.69) is 34.5 Å². The number of nitrogens with one attached hydrogen (secondary N) is 2. The fourth-order valence-corrected chi connectivity index (χ4v) is 2.14. The number of unbranched alkanes of at least 4 members (excludes halogenated alkanes) is 1. The highest BCUT2D eigenvalue weighted by Crippen LogP contribution is 2.16. The Morgan fingerprint density at radius 3 is 2.32 bits per heavy atom. The highest BCUT2D eigenvalue weighted by molar-refractivity contribution is 14.0. The zero-order valence-corrected chi connectivity index (χ0v) is 18.2. The van der Waals surface area contributed by atoms with E-state index in [4.69, 9.17) is 9.47 Å². The van der Waals surface area contributed by atoms with Crippen LogP contribution in [-0.2, 0) is 0 Å². The molecule has 6 nitrogen and oxygen atoms in total. The quantitative estimate of drug-likeness (QED) is 0.228. The van der Waals surface area contributed by atoms with E-state index in [-0.39, 0.29) is 24.0 Å². The van der Waals surface area contributed by atoms with Gasteiger partial charge in [0.25, 0.3) is 0 Å². The van der Waals surface area contributed by atoms with Crippen molar-refractivity contribution in [1.29, 1.82) is 0 Å². The molecule has 1 aromatic carbocycles. The molecule has 0 heterocycles. The summed E-state index contributed by atoms with van der Waals surface area (Å²) in [5, 5.41) is 6.57. The molecule has 25 heavy (non-hydrogen) atoms. The van der Waals surface area contributed by atoms with Crippen molar-refractivity contribution in [3.8, 4) is 11.5 Å². The molecule has 0 fully saturated rings. The summed E-state index contributed by atoms with van der Waals surface area (Å²) in [6.45, 7) is 6.49. The van der Waals surface area contributed by atoms with Crippen molar-refractivity contribution in [2.75, 3.05) is 54.0 Å². The summed E-state index contributed by atoms with van der Waals surface area (Å²) in [6, 6.07) is 7.58. The Morgan fingerprint density at radius 1 is 1.08 bits per heavy atom. The monoisotopic (exact) mass is 464 g/mol. The fraction of sp³-hybridized carbons (Fsp3) is 0.611. The average molecular weight is 464 g/mol. The smallest absolute Gasteiger partial charge is 0.191 e. The van der Waals surface area contributed by atoms with Gasteiger partial charge in [0.15, 0.2) is 5.96 Å². The van der Waals surface area contributed by atoms with Gasteiger partial charge in [0.2, 0.25) is 0 Å². The number of guanidine groups is 1. The third-order valence-electron chi connectivity index (χ3n) is 3.63. The van der Waals surface area contributed by atoms with Crippen molar-refractivity contribution in [1.82, 2.24) is 15.5 Å². The first kappa shape index (κ1) is 23.8. The predicted octanol–water partition coefficient (Wildman–Crippen LogP) is 2.59. The minimum atomic E-state index is 0. The van der Waals surface area contributed by atoms with Gasteiger partial charge < -0.3 is 25.0 Å². The van der Waals surface area contributed by atoms with Crippen molar-refractivity contribution in [2.45, 2.75) is 19.8 Å². The minimum absolute atomic E-state index is 0. The number of benzene rings is 1. The Bertz CT molecular complexity index is 469. The van der Waals surface area contributed by atoms with Crippen LogP contribution in [0.4, 0.5) is 0 Å². The van der Waals surface area contributed by atoms with Crippen LogP contribution in [0, 0.1) is 0 Å². The zero-order valence-electron chi connectivity index (χ0n) is 15.9. The van der Waals surface area contributed by atoms with E-state index in [0.717, 1.165) is 37.1 Å². The highest BCUT2D eigenvalue weighted by Gasteiger charge is 2.00. The van der Waals surface area contributed by atoms with Crippen molar-refractivity contribution >= 4 is 29.9 Å². The molecule has 0 amide bonds. The first-order valence-corrected chi connectivity index (χ1v) is 8.59. The van der Waals surface area contributed by atoms with Crippen molar-refractivity contribution in [3.63, 3.8) is 0 Å². The summed E-state index contributed by atoms with van der Waals surface area (Å²) in [5.74, 6) is 2.46. The molecule has 1 rings (SSSR count). The molecule has 0 atom stereocenters. The highest BCUT2D eigenvalue weighted by atomic mass is 127. The second-order valence-electron chi connectivity index (χ2n) is 5.61. The molecule has 0 aromatic heterocycles. The summed E-state index contributed by atoms with van der Waals surface area (Å²) in [6.07, 6.45) is 2.47. The third kappa shape index (κ3) is 11.1. The molecule has 0 bridgehead atoms. The molecule has 0 unspecified atom stereocenters. The Balaban J connectivity index is 0.00000576. The fourth-order valence-electron chi connectivity index (χ4n) is 2.14. The van der Waals surface area contributed by atoms with E-state index in [1.165, 1.54) is 12.8 Å². The maximum atomic E-state index is 5.68. The lowest BCUT2D eigenvalue weighted by Gasteiger charge is -2.18. The summed E-state index contributed by atoms with van der Waals surface area (Å²) in [7, 11) is 5.58. The van der Waals surface area contributed by atoms with E-state index in [9.17, 15) is 0 Å². The number of halogens is 1. The van der Waals surface area contributed by atoms with Crippen LogP contribution in [0.2, 0.25) is 0 Å². The van der Waals surface area contributed by atoms with Gasteiger partial charge in [-0.05, 0) is 44.3 Å². The van der Waals surface area contributed by atoms with Gasteiger partial charge in [0, 0.05) is 20.1 Å². The minimum Gasteiger partial charge on any atom is -0.497 e. The summed E-state index contributed by atoms with van der Waals surface area (Å²) < 4.78 is 10.8. The van der Waals surface area contributed by atoms with E-state index in [1.54, 1.807) is 14.2 Å². The molecule has 2 N–H and O–H groups in total. The predicted molar refractivity (Wildman–Crippen MR) is 116 cm³/mol. The first-order chi connectivity index (χ1) is 11.7. The van der Waals surface area contributed by atoms with E-state index < -0.39 is 0 Å². The van der Waals surface area contributed by atoms with Gasteiger partial charge in [-0.3, -0.25) is 4.99 Å². The molecule has 0 saturated heterocycles. The van der Waals surface area contributed by atoms with Crippen LogP contribution in [-0.4, -0.2) is 64.9 Å². The molecule has 0 saturated carbocycles. The molecule has 0 spiro atoms. The number of likely N-dealkylation sites (N-methyl/N-ethyl adjacent to an activating group) is 1. The normalized spacial score (nSPS) is 11.0. The van der Waals surface area contributed by atoms with Gasteiger partial charge in [0.05, 0.1) is 13.7 Å². The molecule has 0 aliphatic heterocycles. The topological polar surface area (TPSA) is 58.1 Å². The van der Waals surface area contributed by atoms with Crippen LogP contribution >= 0.6 is 24.0 Å². The van der Waals surface area contributed by atoms with Gasteiger partial charge in [-0.2, -0.15) is 0 Å². The van der Waals surface area contributed by atoms with E-state index in [1.807, 2.05) is 24.3 Å². The molecular formula is C18H33IN4O2. The SMILES string of the molecule is CCCCN(C)CCNC(=NC)NCCOc1ccc(OC)cc1.I. The molecule has 0 radical (unpaired) electrons. The van der Waals surface area contributed by atoms with Gasteiger partial charge >= 0.3 is 0 Å². The second-order valence-corrected chi connectivity index (χ2v) is 5.61. The maximum absolute atomic E-state index is 5.68. The average Bonchev–Trinajstić information content (AvgIpc) is 2.62. The largest absolute Gasteiger partial charge is 0.497 e. The summed E-state index contributed by atoms with van der Waals surface area (Å²) in [5.41, 5.74) is 0. The molecule has 144 valence electrons. The third-order valence-corrected chi connectivity index (χ3v) is 3.63. The maximum Gasteiger partial charge on any atom is 0.191 e. The van der Waals surface area contributed by atoms with Crippen molar-refractivity contribution in [3.05, 3.63) is 24.3 Å². The van der Waals surface area contributed by atoms with Gasteiger partial charge in [0.1, 0.15) is 18.1 Å². The van der Waals surface area contributed by atoms with Gasteiger partial charge in [-0.25, -0.2) is 0 Å². The number of methoxy groups -OCH3 is 1. The summed E-state index contributed by atoms with van der Waals surface area (Å²) in [4.78, 5) is 6.55. The van der Waals surface area contributed by atoms with Crippen LogP contribution in [0.3, 0.4) is 0 Å². The molecule has 7 heteroatoms. The van der Waals surface area contributed by atoms with Crippen LogP contribution in [0.15, 0.2) is 29.3 Å². The number of hydrogen-bond acceptors (Lipinski definition) is 4. The Kier molecular flexibility index (Phi) is 14.3. The summed E-state index contributed by atoms with van der Waals surface area (Å²) >= 11 is 0. The van der Waals surface area contributed by atoms with E-state index in [0.29, 0.717) is 13.2 Å². The molecule has 0 aliphatic rings. The number of rotatable bonds is 11. The first-order valence-electron chi connectivity index (χ1n) is 8.59. The standard InChI is InChI=1S/C18H32N4O2.HI/c1-5-6-13-22(3)14-11-20-18(19-2)21-12-15-24-17-9-7-16(23-4)8-10-17;/h7-10H,5-6,11-15H2,1-4H3,(H2,19,20,21);1H. The molecule has 0 aliphatic carbocycles. The van der Waals surface area contributed by atoms with E-state index >= 15 is 0 Å².